The van der Waals surface area contributed by atoms with Crippen molar-refractivity contribution in [3.8, 4) is 0 Å². The molecule has 2 aromatic rings. The van der Waals surface area contributed by atoms with Crippen LogP contribution in [0.5, 0.6) is 0 Å². The molecule has 0 radical (unpaired) electrons. The first-order valence-corrected chi connectivity index (χ1v) is 9.45. The number of ether oxygens (including phenoxy) is 1. The van der Waals surface area contributed by atoms with E-state index in [9.17, 15) is 0 Å². The highest BCUT2D eigenvalue weighted by Crippen LogP contribution is 2.28. The number of nitrogens with one attached hydrogen (secondary N) is 1. The molecular weight excluding hydrogens is 328 g/mol. The summed E-state index contributed by atoms with van der Waals surface area (Å²) in [5, 5.41) is 11.7. The van der Waals surface area contributed by atoms with Crippen molar-refractivity contribution in [2.75, 3.05) is 54.5 Å². The fraction of sp³-hybridized carbons (Fsp3) is 0.526. The van der Waals surface area contributed by atoms with E-state index in [1.807, 2.05) is 6.07 Å². The average Bonchev–Trinajstić information content (AvgIpc) is 2.69. The van der Waals surface area contributed by atoms with Crippen LogP contribution in [0.2, 0.25) is 0 Å². The number of rotatable bonds is 8. The quantitative estimate of drug-likeness (QED) is 0.779. The summed E-state index contributed by atoms with van der Waals surface area (Å²) in [7, 11) is 0. The summed E-state index contributed by atoms with van der Waals surface area (Å²) in [4.78, 5) is 9.27. The topological polar surface area (TPSA) is 66.4 Å². The maximum absolute atomic E-state index is 5.47. The lowest BCUT2D eigenvalue weighted by atomic mass is 10.2. The van der Waals surface area contributed by atoms with Crippen LogP contribution in [0.1, 0.15) is 26.7 Å². The normalized spacial score (nSPS) is 14.3. The van der Waals surface area contributed by atoms with Crippen LogP contribution < -0.4 is 15.1 Å². The van der Waals surface area contributed by atoms with Gasteiger partial charge in [0.1, 0.15) is 0 Å². The summed E-state index contributed by atoms with van der Waals surface area (Å²) in [5.74, 6) is 1.40. The van der Waals surface area contributed by atoms with Gasteiger partial charge in [-0.3, -0.25) is 0 Å². The van der Waals surface area contributed by atoms with Gasteiger partial charge in [0.05, 0.1) is 30.8 Å². The van der Waals surface area contributed by atoms with Gasteiger partial charge in [0, 0.05) is 26.2 Å². The third-order valence-electron chi connectivity index (χ3n) is 4.36. The molecule has 0 atom stereocenters. The van der Waals surface area contributed by atoms with Crippen molar-refractivity contribution >= 4 is 23.1 Å². The zero-order valence-corrected chi connectivity index (χ0v) is 15.7. The molecule has 1 aromatic heterocycles. The summed E-state index contributed by atoms with van der Waals surface area (Å²) in [6.07, 6.45) is 3.89. The van der Waals surface area contributed by atoms with Crippen LogP contribution in [0.25, 0.3) is 0 Å². The lowest BCUT2D eigenvalue weighted by Crippen LogP contribution is -2.36. The molecule has 1 N–H and O–H groups in total. The summed E-state index contributed by atoms with van der Waals surface area (Å²) < 4.78 is 5.47. The molecule has 3 rings (SSSR count). The Bertz CT molecular complexity index is 683. The minimum absolute atomic E-state index is 0.528. The Morgan fingerprint density at radius 2 is 1.85 bits per heavy atom. The molecular formula is C19H28N6O. The van der Waals surface area contributed by atoms with E-state index in [1.54, 1.807) is 6.20 Å². The Labute approximate surface area is 155 Å². The smallest absolute Gasteiger partial charge is 0.249 e. The number of benzene rings is 1. The predicted octanol–water partition coefficient (Wildman–Crippen LogP) is 3.08. The lowest BCUT2D eigenvalue weighted by molar-refractivity contribution is 0.123. The molecule has 0 saturated carbocycles. The molecule has 1 aromatic carbocycles. The largest absolute Gasteiger partial charge is 0.378 e. The van der Waals surface area contributed by atoms with E-state index in [4.69, 9.17) is 4.74 Å². The van der Waals surface area contributed by atoms with E-state index in [0.29, 0.717) is 5.95 Å². The number of morpholine rings is 1. The number of hydrogen-bond donors (Lipinski definition) is 1. The molecule has 140 valence electrons. The van der Waals surface area contributed by atoms with Crippen LogP contribution in [0, 0.1) is 0 Å². The average molecular weight is 356 g/mol. The van der Waals surface area contributed by atoms with Crippen LogP contribution in [0.4, 0.5) is 23.1 Å². The Balaban J connectivity index is 1.80. The number of anilines is 4. The molecule has 7 heteroatoms. The molecule has 1 aliphatic heterocycles. The number of nitrogens with zero attached hydrogens (tertiary/aromatic N) is 5. The van der Waals surface area contributed by atoms with Gasteiger partial charge < -0.3 is 19.9 Å². The van der Waals surface area contributed by atoms with Crippen LogP contribution in [0.15, 0.2) is 30.5 Å². The molecule has 0 unspecified atom stereocenters. The zero-order valence-electron chi connectivity index (χ0n) is 15.7. The first-order chi connectivity index (χ1) is 12.8. The second kappa shape index (κ2) is 9.33. The standard InChI is InChI=1S/C19H28N6O/c1-3-9-25(10-4-2)18-15-20-23-19(22-18)21-16-7-5-6-8-17(16)24-11-13-26-14-12-24/h5-8,15H,3-4,9-14H2,1-2H3,(H,21,22,23). The SMILES string of the molecule is CCCN(CCC)c1cnnc(Nc2ccccc2N2CCOCC2)n1. The molecule has 1 fully saturated rings. The predicted molar refractivity (Wildman–Crippen MR) is 105 cm³/mol. The van der Waals surface area contributed by atoms with Crippen molar-refractivity contribution in [1.29, 1.82) is 0 Å². The third-order valence-corrected chi connectivity index (χ3v) is 4.36. The molecule has 1 saturated heterocycles. The minimum Gasteiger partial charge on any atom is -0.378 e. The Kier molecular flexibility index (Phi) is 6.60. The zero-order chi connectivity index (χ0) is 18.2. The Hall–Kier alpha value is -2.41. The van der Waals surface area contributed by atoms with E-state index in [0.717, 1.165) is 69.4 Å². The maximum Gasteiger partial charge on any atom is 0.249 e. The maximum atomic E-state index is 5.47. The molecule has 0 aliphatic carbocycles. The van der Waals surface area contributed by atoms with Gasteiger partial charge in [0.15, 0.2) is 5.82 Å². The molecule has 2 heterocycles. The van der Waals surface area contributed by atoms with Crippen molar-refractivity contribution < 1.29 is 4.74 Å². The fourth-order valence-corrected chi connectivity index (χ4v) is 3.16. The van der Waals surface area contributed by atoms with Crippen molar-refractivity contribution in [3.63, 3.8) is 0 Å². The number of para-hydroxylation sites is 2. The summed E-state index contributed by atoms with van der Waals surface area (Å²) >= 11 is 0. The third kappa shape index (κ3) is 4.60. The minimum atomic E-state index is 0.528. The molecule has 1 aliphatic rings. The van der Waals surface area contributed by atoms with E-state index < -0.39 is 0 Å². The van der Waals surface area contributed by atoms with Gasteiger partial charge in [-0.2, -0.15) is 10.1 Å². The number of hydrogen-bond acceptors (Lipinski definition) is 7. The van der Waals surface area contributed by atoms with Crippen LogP contribution in [-0.4, -0.2) is 54.6 Å². The van der Waals surface area contributed by atoms with Gasteiger partial charge >= 0.3 is 0 Å². The van der Waals surface area contributed by atoms with Crippen molar-refractivity contribution in [2.24, 2.45) is 0 Å². The van der Waals surface area contributed by atoms with Gasteiger partial charge in [0.25, 0.3) is 0 Å². The second-order valence-corrected chi connectivity index (χ2v) is 6.37. The van der Waals surface area contributed by atoms with E-state index in [1.165, 1.54) is 0 Å². The van der Waals surface area contributed by atoms with Gasteiger partial charge in [-0.15, -0.1) is 5.10 Å². The lowest BCUT2D eigenvalue weighted by Gasteiger charge is -2.30. The van der Waals surface area contributed by atoms with Crippen molar-refractivity contribution in [1.82, 2.24) is 15.2 Å². The summed E-state index contributed by atoms with van der Waals surface area (Å²) in [6, 6.07) is 8.24. The van der Waals surface area contributed by atoms with Crippen molar-refractivity contribution in [3.05, 3.63) is 30.5 Å². The molecule has 0 amide bonds. The molecule has 7 nitrogen and oxygen atoms in total. The number of aromatic nitrogens is 3. The molecule has 0 spiro atoms. The van der Waals surface area contributed by atoms with Crippen LogP contribution >= 0.6 is 0 Å². The summed E-state index contributed by atoms with van der Waals surface area (Å²) in [5.41, 5.74) is 2.13. The molecule has 26 heavy (non-hydrogen) atoms. The highest BCUT2D eigenvalue weighted by Gasteiger charge is 2.15. The van der Waals surface area contributed by atoms with Gasteiger partial charge in [-0.1, -0.05) is 26.0 Å². The van der Waals surface area contributed by atoms with E-state index in [-0.39, 0.29) is 0 Å². The highest BCUT2D eigenvalue weighted by atomic mass is 16.5. The first-order valence-electron chi connectivity index (χ1n) is 9.45. The highest BCUT2D eigenvalue weighted by molar-refractivity contribution is 5.73. The summed E-state index contributed by atoms with van der Waals surface area (Å²) in [6.45, 7) is 9.57. The van der Waals surface area contributed by atoms with Crippen LogP contribution in [-0.2, 0) is 4.74 Å². The second-order valence-electron chi connectivity index (χ2n) is 6.37. The van der Waals surface area contributed by atoms with Gasteiger partial charge in [0.2, 0.25) is 5.95 Å². The van der Waals surface area contributed by atoms with Crippen molar-refractivity contribution in [2.45, 2.75) is 26.7 Å². The van der Waals surface area contributed by atoms with Gasteiger partial charge in [-0.05, 0) is 25.0 Å². The first kappa shape index (κ1) is 18.4. The fourth-order valence-electron chi connectivity index (χ4n) is 3.16. The molecule has 0 bridgehead atoms. The van der Waals surface area contributed by atoms with Crippen LogP contribution in [0.3, 0.4) is 0 Å². The Morgan fingerprint density at radius 1 is 1.12 bits per heavy atom. The Morgan fingerprint density at radius 3 is 2.58 bits per heavy atom. The monoisotopic (exact) mass is 356 g/mol. The van der Waals surface area contributed by atoms with E-state index >= 15 is 0 Å². The van der Waals surface area contributed by atoms with Gasteiger partial charge in [-0.25, -0.2) is 0 Å². The van der Waals surface area contributed by atoms with E-state index in [2.05, 4.69) is 62.3 Å².